The summed E-state index contributed by atoms with van der Waals surface area (Å²) in [4.78, 5) is 11.9. The van der Waals surface area contributed by atoms with Gasteiger partial charge in [0.15, 0.2) is 0 Å². The average Bonchev–Trinajstić information content (AvgIpc) is 3.25. The molecule has 5 heterocycles. The molecule has 0 bridgehead atoms. The molecule has 6 nitrogen and oxygen atoms in total. The Balaban J connectivity index is 1.79. The van der Waals surface area contributed by atoms with Crippen LogP contribution in [0.4, 0.5) is 4.39 Å². The molecule has 1 aliphatic heterocycles. The SMILES string of the molecule is CC1(C)COc2c(-c3ccnc4cc[nH]c34)c(-c3ccc(F)cn3)nn2C1. The van der Waals surface area contributed by atoms with Crippen LogP contribution in [-0.2, 0) is 6.54 Å². The van der Waals surface area contributed by atoms with Gasteiger partial charge in [0, 0.05) is 23.4 Å². The lowest BCUT2D eigenvalue weighted by Crippen LogP contribution is -2.33. The zero-order valence-electron chi connectivity index (χ0n) is 15.0. The van der Waals surface area contributed by atoms with Crippen LogP contribution in [0.15, 0.2) is 42.9 Å². The molecule has 0 aliphatic carbocycles. The quantitative estimate of drug-likeness (QED) is 0.583. The van der Waals surface area contributed by atoms with Crippen molar-refractivity contribution in [2.75, 3.05) is 6.61 Å². The van der Waals surface area contributed by atoms with Crippen molar-refractivity contribution in [3.63, 3.8) is 0 Å². The number of rotatable bonds is 2. The Morgan fingerprint density at radius 2 is 2.07 bits per heavy atom. The molecule has 27 heavy (non-hydrogen) atoms. The van der Waals surface area contributed by atoms with Gasteiger partial charge < -0.3 is 9.72 Å². The minimum Gasteiger partial charge on any atom is -0.477 e. The van der Waals surface area contributed by atoms with Crippen LogP contribution >= 0.6 is 0 Å². The van der Waals surface area contributed by atoms with E-state index in [0.29, 0.717) is 23.9 Å². The average molecular weight is 363 g/mol. The third-order valence-corrected chi connectivity index (χ3v) is 4.77. The fourth-order valence-electron chi connectivity index (χ4n) is 3.52. The summed E-state index contributed by atoms with van der Waals surface area (Å²) in [5, 5.41) is 4.79. The predicted octanol–water partition coefficient (Wildman–Crippen LogP) is 4.05. The van der Waals surface area contributed by atoms with Crippen LogP contribution in [-0.4, -0.2) is 31.3 Å². The summed E-state index contributed by atoms with van der Waals surface area (Å²) >= 11 is 0. The van der Waals surface area contributed by atoms with Crippen molar-refractivity contribution in [1.29, 1.82) is 0 Å². The summed E-state index contributed by atoms with van der Waals surface area (Å²) in [5.74, 6) is 0.329. The first-order valence-electron chi connectivity index (χ1n) is 8.80. The van der Waals surface area contributed by atoms with E-state index in [1.807, 2.05) is 23.0 Å². The van der Waals surface area contributed by atoms with E-state index in [2.05, 4.69) is 28.8 Å². The highest BCUT2D eigenvalue weighted by molar-refractivity contribution is 5.97. The first kappa shape index (κ1) is 16.0. The summed E-state index contributed by atoms with van der Waals surface area (Å²) in [6, 6.07) is 6.90. The molecule has 0 unspecified atom stereocenters. The summed E-state index contributed by atoms with van der Waals surface area (Å²) in [7, 11) is 0. The van der Waals surface area contributed by atoms with Crippen molar-refractivity contribution in [1.82, 2.24) is 24.7 Å². The van der Waals surface area contributed by atoms with Crippen LogP contribution in [0.2, 0.25) is 0 Å². The van der Waals surface area contributed by atoms with E-state index in [9.17, 15) is 4.39 Å². The molecule has 0 fully saturated rings. The van der Waals surface area contributed by atoms with Crippen molar-refractivity contribution in [2.24, 2.45) is 5.41 Å². The van der Waals surface area contributed by atoms with Crippen LogP contribution < -0.4 is 4.74 Å². The van der Waals surface area contributed by atoms with Crippen LogP contribution in [0.25, 0.3) is 33.5 Å². The molecule has 0 radical (unpaired) electrons. The molecule has 0 amide bonds. The van der Waals surface area contributed by atoms with Gasteiger partial charge in [-0.1, -0.05) is 13.8 Å². The first-order chi connectivity index (χ1) is 13.0. The first-order valence-corrected chi connectivity index (χ1v) is 8.80. The molecule has 7 heteroatoms. The summed E-state index contributed by atoms with van der Waals surface area (Å²) in [6.07, 6.45) is 4.83. The number of ether oxygens (including phenoxy) is 1. The largest absolute Gasteiger partial charge is 0.477 e. The summed E-state index contributed by atoms with van der Waals surface area (Å²) < 4.78 is 21.4. The number of hydrogen-bond donors (Lipinski definition) is 1. The molecular formula is C20H18FN5O. The van der Waals surface area contributed by atoms with E-state index in [1.165, 1.54) is 12.3 Å². The number of aromatic nitrogens is 5. The van der Waals surface area contributed by atoms with Crippen molar-refractivity contribution in [3.8, 4) is 28.4 Å². The van der Waals surface area contributed by atoms with Gasteiger partial charge >= 0.3 is 0 Å². The van der Waals surface area contributed by atoms with Crippen LogP contribution in [0, 0.1) is 11.2 Å². The fraction of sp³-hybridized carbons (Fsp3) is 0.250. The van der Waals surface area contributed by atoms with Crippen LogP contribution in [0.3, 0.4) is 0 Å². The molecule has 0 saturated carbocycles. The number of fused-ring (bicyclic) bond motifs is 2. The van der Waals surface area contributed by atoms with Gasteiger partial charge in [-0.15, -0.1) is 0 Å². The Bertz CT molecular complexity index is 1140. The number of H-pyrrole nitrogens is 1. The maximum Gasteiger partial charge on any atom is 0.220 e. The second-order valence-corrected chi connectivity index (χ2v) is 7.60. The Hall–Kier alpha value is -3.22. The number of nitrogens with zero attached hydrogens (tertiary/aromatic N) is 4. The fourth-order valence-corrected chi connectivity index (χ4v) is 3.52. The molecule has 0 atom stereocenters. The lowest BCUT2D eigenvalue weighted by Gasteiger charge is -2.30. The van der Waals surface area contributed by atoms with Crippen molar-refractivity contribution >= 4 is 11.0 Å². The van der Waals surface area contributed by atoms with E-state index in [0.717, 1.165) is 28.7 Å². The molecule has 4 aromatic heterocycles. The smallest absolute Gasteiger partial charge is 0.220 e. The highest BCUT2D eigenvalue weighted by Crippen LogP contribution is 2.44. The van der Waals surface area contributed by atoms with Gasteiger partial charge in [-0.25, -0.2) is 9.07 Å². The molecule has 136 valence electrons. The minimum absolute atomic E-state index is 0.0240. The van der Waals surface area contributed by atoms with Gasteiger partial charge in [0.05, 0.1) is 41.6 Å². The zero-order valence-corrected chi connectivity index (χ0v) is 15.0. The van der Waals surface area contributed by atoms with Gasteiger partial charge in [0.1, 0.15) is 11.5 Å². The molecule has 1 aliphatic rings. The van der Waals surface area contributed by atoms with E-state index in [-0.39, 0.29) is 11.2 Å². The molecule has 0 aromatic carbocycles. The molecule has 0 saturated heterocycles. The Morgan fingerprint density at radius 3 is 2.89 bits per heavy atom. The summed E-state index contributed by atoms with van der Waals surface area (Å²) in [6.45, 7) is 5.61. The number of pyridine rings is 2. The second-order valence-electron chi connectivity index (χ2n) is 7.60. The number of hydrogen-bond acceptors (Lipinski definition) is 4. The lowest BCUT2D eigenvalue weighted by atomic mass is 9.94. The third-order valence-electron chi connectivity index (χ3n) is 4.77. The molecule has 1 N–H and O–H groups in total. The standard InChI is InChI=1S/C20H18FN5O/c1-20(2)10-26-19(27-11-20)16(13-5-7-22-15-6-8-23-17(13)15)18(25-26)14-4-3-12(21)9-24-14/h3-9,23H,10-11H2,1-2H3. The number of nitrogens with one attached hydrogen (secondary N) is 1. The van der Waals surface area contributed by atoms with E-state index in [1.54, 1.807) is 12.3 Å². The summed E-state index contributed by atoms with van der Waals surface area (Å²) in [5.41, 5.74) is 4.80. The topological polar surface area (TPSA) is 68.6 Å². The Kier molecular flexibility index (Phi) is 3.34. The van der Waals surface area contributed by atoms with Crippen LogP contribution in [0.1, 0.15) is 13.8 Å². The Labute approximate surface area is 155 Å². The van der Waals surface area contributed by atoms with E-state index >= 15 is 0 Å². The number of halogens is 1. The number of aromatic amines is 1. The van der Waals surface area contributed by atoms with Crippen molar-refractivity contribution < 1.29 is 9.13 Å². The van der Waals surface area contributed by atoms with Gasteiger partial charge in [0.25, 0.3) is 0 Å². The molecule has 0 spiro atoms. The van der Waals surface area contributed by atoms with E-state index < -0.39 is 0 Å². The molecule has 5 rings (SSSR count). The van der Waals surface area contributed by atoms with Gasteiger partial charge in [-0.05, 0) is 24.3 Å². The highest BCUT2D eigenvalue weighted by atomic mass is 19.1. The van der Waals surface area contributed by atoms with Gasteiger partial charge in [0.2, 0.25) is 5.88 Å². The maximum absolute atomic E-state index is 13.4. The van der Waals surface area contributed by atoms with Crippen molar-refractivity contribution in [3.05, 3.63) is 48.7 Å². The lowest BCUT2D eigenvalue weighted by molar-refractivity contribution is 0.101. The normalized spacial score (nSPS) is 15.5. The van der Waals surface area contributed by atoms with E-state index in [4.69, 9.17) is 9.84 Å². The second kappa shape index (κ2) is 5.64. The highest BCUT2D eigenvalue weighted by Gasteiger charge is 2.33. The third kappa shape index (κ3) is 2.58. The zero-order chi connectivity index (χ0) is 18.6. The van der Waals surface area contributed by atoms with Crippen molar-refractivity contribution in [2.45, 2.75) is 20.4 Å². The molecule has 4 aromatic rings. The van der Waals surface area contributed by atoms with Crippen LogP contribution in [0.5, 0.6) is 5.88 Å². The van der Waals surface area contributed by atoms with Gasteiger partial charge in [-0.2, -0.15) is 5.10 Å². The Morgan fingerprint density at radius 1 is 1.19 bits per heavy atom. The predicted molar refractivity (Wildman–Crippen MR) is 99.8 cm³/mol. The molecular weight excluding hydrogens is 345 g/mol. The van der Waals surface area contributed by atoms with Gasteiger partial charge in [-0.3, -0.25) is 9.97 Å². The maximum atomic E-state index is 13.4. The minimum atomic E-state index is -0.377. The monoisotopic (exact) mass is 363 g/mol.